The molecular weight excluding hydrogens is 508 g/mol. The first kappa shape index (κ1) is 25.2. The molecule has 4 aromatic rings. The zero-order chi connectivity index (χ0) is 26.2. The molecule has 1 saturated carbocycles. The number of rotatable bonds is 8. The predicted octanol–water partition coefficient (Wildman–Crippen LogP) is 5.60. The predicted molar refractivity (Wildman–Crippen MR) is 145 cm³/mol. The fourth-order valence-electron chi connectivity index (χ4n) is 4.11. The van der Waals surface area contributed by atoms with Gasteiger partial charge in [-0.25, -0.2) is 13.4 Å². The molecule has 7 nitrogen and oxygen atoms in total. The number of hydrogen-bond donors (Lipinski definition) is 1. The van der Waals surface area contributed by atoms with E-state index in [0.29, 0.717) is 16.7 Å². The van der Waals surface area contributed by atoms with Crippen LogP contribution >= 0.6 is 11.6 Å². The van der Waals surface area contributed by atoms with E-state index in [9.17, 15) is 13.2 Å². The van der Waals surface area contributed by atoms with Crippen molar-refractivity contribution >= 4 is 33.5 Å². The minimum Gasteiger partial charge on any atom is -0.294 e. The van der Waals surface area contributed by atoms with Gasteiger partial charge in [0.1, 0.15) is 0 Å². The maximum absolute atomic E-state index is 13.3. The highest BCUT2D eigenvalue weighted by molar-refractivity contribution is 7.89. The van der Waals surface area contributed by atoms with Crippen LogP contribution in [0.25, 0.3) is 16.9 Å². The van der Waals surface area contributed by atoms with Gasteiger partial charge in [-0.05, 0) is 74.2 Å². The summed E-state index contributed by atoms with van der Waals surface area (Å²) in [6.07, 6.45) is 3.31. The lowest BCUT2D eigenvalue weighted by atomic mass is 10.1. The lowest BCUT2D eigenvalue weighted by molar-refractivity contribution is -0.116. The van der Waals surface area contributed by atoms with Gasteiger partial charge >= 0.3 is 0 Å². The molecule has 1 heterocycles. The van der Waals surface area contributed by atoms with Crippen LogP contribution in [-0.4, -0.2) is 40.8 Å². The van der Waals surface area contributed by atoms with Gasteiger partial charge in [0.05, 0.1) is 17.1 Å². The number of amides is 1. The normalized spacial score (nSPS) is 13.6. The number of imidazole rings is 1. The van der Waals surface area contributed by atoms with Crippen LogP contribution in [0.5, 0.6) is 0 Å². The van der Waals surface area contributed by atoms with E-state index in [2.05, 4.69) is 5.32 Å². The van der Waals surface area contributed by atoms with Crippen molar-refractivity contribution in [1.82, 2.24) is 13.9 Å². The van der Waals surface area contributed by atoms with Crippen LogP contribution < -0.4 is 5.32 Å². The number of nitrogens with one attached hydrogen (secondary N) is 1. The highest BCUT2D eigenvalue weighted by atomic mass is 35.5. The number of aromatic nitrogens is 2. The summed E-state index contributed by atoms with van der Waals surface area (Å²) in [6.45, 7) is 3.76. The van der Waals surface area contributed by atoms with Gasteiger partial charge in [-0.1, -0.05) is 48.0 Å². The van der Waals surface area contributed by atoms with Crippen LogP contribution in [0.3, 0.4) is 0 Å². The highest BCUT2D eigenvalue weighted by Crippen LogP contribution is 2.32. The first-order valence-corrected chi connectivity index (χ1v) is 13.8. The number of carbonyl (C=O) groups excluding carboxylic acids is 1. The molecule has 5 rings (SSSR count). The molecular formula is C28H27ClN4O3S. The summed E-state index contributed by atoms with van der Waals surface area (Å²) in [5.74, 6) is -0.133. The van der Waals surface area contributed by atoms with E-state index in [1.807, 2.05) is 73.1 Å². The van der Waals surface area contributed by atoms with E-state index in [-0.39, 0.29) is 17.5 Å². The second-order valence-electron chi connectivity index (χ2n) is 9.24. The molecule has 190 valence electrons. The maximum Gasteiger partial charge on any atom is 0.243 e. The monoisotopic (exact) mass is 534 g/mol. The summed E-state index contributed by atoms with van der Waals surface area (Å²) in [5, 5.41) is 3.31. The van der Waals surface area contributed by atoms with Gasteiger partial charge in [0, 0.05) is 28.5 Å². The molecule has 0 unspecified atom stereocenters. The standard InChI is InChI=1S/C28H27ClN4O3S/c1-19-8-11-24(16-20(19)2)32-17-26(21-6-4-3-5-7-21)30-28(32)31-27(34)18-33(23-12-13-23)37(35,36)25-14-9-22(29)10-15-25/h3-11,14-17,23H,12-13,18H2,1-2H3,(H,30,31,34). The van der Waals surface area contributed by atoms with Gasteiger partial charge < -0.3 is 0 Å². The number of sulfonamides is 1. The Balaban J connectivity index is 1.45. The molecule has 0 radical (unpaired) electrons. The lowest BCUT2D eigenvalue weighted by Crippen LogP contribution is -2.39. The fraction of sp³-hybridized carbons (Fsp3) is 0.214. The third-order valence-electron chi connectivity index (χ3n) is 6.47. The number of halogens is 1. The first-order chi connectivity index (χ1) is 17.7. The number of nitrogens with zero attached hydrogens (tertiary/aromatic N) is 3. The summed E-state index contributed by atoms with van der Waals surface area (Å²) in [4.78, 5) is 18.1. The molecule has 0 atom stereocenters. The van der Waals surface area contributed by atoms with Crippen molar-refractivity contribution in [2.75, 3.05) is 11.9 Å². The molecule has 0 saturated heterocycles. The average Bonchev–Trinajstić information content (AvgIpc) is 3.64. The van der Waals surface area contributed by atoms with Gasteiger partial charge in [0.2, 0.25) is 21.9 Å². The van der Waals surface area contributed by atoms with Crippen molar-refractivity contribution < 1.29 is 13.2 Å². The molecule has 1 aromatic heterocycles. The van der Waals surface area contributed by atoms with Crippen molar-refractivity contribution in [3.63, 3.8) is 0 Å². The van der Waals surface area contributed by atoms with E-state index >= 15 is 0 Å². The Kier molecular flexibility index (Phi) is 6.90. The average molecular weight is 535 g/mol. The summed E-state index contributed by atoms with van der Waals surface area (Å²) in [6, 6.07) is 21.5. The second kappa shape index (κ2) is 10.1. The van der Waals surface area contributed by atoms with E-state index in [0.717, 1.165) is 35.2 Å². The van der Waals surface area contributed by atoms with E-state index in [4.69, 9.17) is 16.6 Å². The van der Waals surface area contributed by atoms with Crippen molar-refractivity contribution in [2.45, 2.75) is 37.6 Å². The van der Waals surface area contributed by atoms with Crippen molar-refractivity contribution in [3.8, 4) is 16.9 Å². The first-order valence-electron chi connectivity index (χ1n) is 12.0. The molecule has 0 bridgehead atoms. The topological polar surface area (TPSA) is 84.3 Å². The molecule has 3 aromatic carbocycles. The molecule has 1 fully saturated rings. The van der Waals surface area contributed by atoms with Crippen molar-refractivity contribution in [2.24, 2.45) is 0 Å². The molecule has 1 amide bonds. The number of hydrogen-bond acceptors (Lipinski definition) is 4. The van der Waals surface area contributed by atoms with Gasteiger partial charge in [0.25, 0.3) is 0 Å². The minimum atomic E-state index is -3.87. The fourth-order valence-corrected chi connectivity index (χ4v) is 5.88. The van der Waals surface area contributed by atoms with Crippen LogP contribution in [0, 0.1) is 13.8 Å². The SMILES string of the molecule is Cc1ccc(-n2cc(-c3ccccc3)nc2NC(=O)CN(C2CC2)S(=O)(=O)c2ccc(Cl)cc2)cc1C. The Hall–Kier alpha value is -3.46. The van der Waals surface area contributed by atoms with Gasteiger partial charge in [-0.15, -0.1) is 0 Å². The maximum atomic E-state index is 13.3. The Morgan fingerprint density at radius 2 is 1.73 bits per heavy atom. The molecule has 37 heavy (non-hydrogen) atoms. The summed E-state index contributed by atoms with van der Waals surface area (Å²) in [5.41, 5.74) is 4.72. The van der Waals surface area contributed by atoms with Crippen LogP contribution in [0.1, 0.15) is 24.0 Å². The number of benzene rings is 3. The van der Waals surface area contributed by atoms with Crippen LogP contribution in [0.15, 0.2) is 83.9 Å². The Labute approximate surface area is 221 Å². The van der Waals surface area contributed by atoms with E-state index in [1.54, 1.807) is 0 Å². The quantitative estimate of drug-likeness (QED) is 0.319. The zero-order valence-corrected chi connectivity index (χ0v) is 22.1. The van der Waals surface area contributed by atoms with Gasteiger partial charge in [-0.3, -0.25) is 14.7 Å². The Morgan fingerprint density at radius 1 is 1.03 bits per heavy atom. The van der Waals surface area contributed by atoms with Crippen molar-refractivity contribution in [3.05, 3.63) is 95.1 Å². The lowest BCUT2D eigenvalue weighted by Gasteiger charge is -2.21. The molecule has 9 heteroatoms. The summed E-state index contributed by atoms with van der Waals surface area (Å²) < 4.78 is 29.8. The minimum absolute atomic E-state index is 0.111. The Bertz CT molecular complexity index is 1550. The number of carbonyl (C=O) groups is 1. The zero-order valence-electron chi connectivity index (χ0n) is 20.6. The molecule has 1 N–H and O–H groups in total. The summed E-state index contributed by atoms with van der Waals surface area (Å²) in [7, 11) is -3.87. The third kappa shape index (κ3) is 5.46. The molecule has 1 aliphatic rings. The van der Waals surface area contributed by atoms with Crippen LogP contribution in [0.4, 0.5) is 5.95 Å². The van der Waals surface area contributed by atoms with Crippen LogP contribution in [-0.2, 0) is 14.8 Å². The van der Waals surface area contributed by atoms with Gasteiger partial charge in [0.15, 0.2) is 0 Å². The van der Waals surface area contributed by atoms with Crippen LogP contribution in [0.2, 0.25) is 5.02 Å². The number of anilines is 1. The highest BCUT2D eigenvalue weighted by Gasteiger charge is 2.39. The number of aryl methyl sites for hydroxylation is 2. The second-order valence-corrected chi connectivity index (χ2v) is 11.6. The van der Waals surface area contributed by atoms with E-state index in [1.165, 1.54) is 28.6 Å². The summed E-state index contributed by atoms with van der Waals surface area (Å²) >= 11 is 5.94. The van der Waals surface area contributed by atoms with E-state index < -0.39 is 15.9 Å². The third-order valence-corrected chi connectivity index (χ3v) is 8.63. The largest absolute Gasteiger partial charge is 0.294 e. The smallest absolute Gasteiger partial charge is 0.243 e. The molecule has 0 spiro atoms. The van der Waals surface area contributed by atoms with Crippen molar-refractivity contribution in [1.29, 1.82) is 0 Å². The molecule has 1 aliphatic carbocycles. The molecule has 0 aliphatic heterocycles. The van der Waals surface area contributed by atoms with Gasteiger partial charge in [-0.2, -0.15) is 4.31 Å². The Morgan fingerprint density at radius 3 is 2.38 bits per heavy atom.